The summed E-state index contributed by atoms with van der Waals surface area (Å²) in [5.41, 5.74) is 0. The van der Waals surface area contributed by atoms with Gasteiger partial charge >= 0.3 is 0 Å². The highest BCUT2D eigenvalue weighted by Gasteiger charge is 2.24. The van der Waals surface area contributed by atoms with Crippen LogP contribution in [-0.4, -0.2) is 34.7 Å². The van der Waals surface area contributed by atoms with Crippen LogP contribution in [0, 0.1) is 0 Å². The van der Waals surface area contributed by atoms with E-state index in [9.17, 15) is 8.42 Å². The molecule has 116 valence electrons. The molecule has 5 nitrogen and oxygen atoms in total. The normalized spacial score (nSPS) is 17.2. The van der Waals surface area contributed by atoms with Gasteiger partial charge in [-0.15, -0.1) is 0 Å². The molecule has 0 unspecified atom stereocenters. The Morgan fingerprint density at radius 3 is 2.59 bits per heavy atom. The maximum Gasteiger partial charge on any atom is 0.206 e. The van der Waals surface area contributed by atoms with E-state index in [4.69, 9.17) is 9.47 Å². The van der Waals surface area contributed by atoms with Gasteiger partial charge in [0, 0.05) is 12.6 Å². The first-order valence-corrected chi connectivity index (χ1v) is 8.48. The van der Waals surface area contributed by atoms with E-state index in [2.05, 4.69) is 5.32 Å². The van der Waals surface area contributed by atoms with Crippen LogP contribution in [0.4, 0.5) is 0 Å². The Morgan fingerprint density at radius 1 is 1.09 bits per heavy atom. The van der Waals surface area contributed by atoms with Crippen LogP contribution in [0.3, 0.4) is 0 Å². The van der Waals surface area contributed by atoms with E-state index in [1.165, 1.54) is 6.07 Å². The summed E-state index contributed by atoms with van der Waals surface area (Å²) in [6.07, 6.45) is -0.132. The zero-order chi connectivity index (χ0) is 15.6. The fourth-order valence-electron chi connectivity index (χ4n) is 2.33. The number of hydrogen-bond donors (Lipinski definition) is 1. The van der Waals surface area contributed by atoms with Crippen LogP contribution in [0.15, 0.2) is 58.3 Å². The Kier molecular flexibility index (Phi) is 4.04. The van der Waals surface area contributed by atoms with Crippen molar-refractivity contribution in [1.82, 2.24) is 5.32 Å². The molecule has 2 aromatic carbocycles. The Balaban J connectivity index is 1.95. The topological polar surface area (TPSA) is 64.6 Å². The monoisotopic (exact) mass is 319 g/mol. The van der Waals surface area contributed by atoms with Crippen molar-refractivity contribution < 1.29 is 17.9 Å². The van der Waals surface area contributed by atoms with Crippen molar-refractivity contribution in [3.8, 4) is 11.5 Å². The van der Waals surface area contributed by atoms with Crippen LogP contribution in [0.25, 0.3) is 0 Å². The van der Waals surface area contributed by atoms with Gasteiger partial charge < -0.3 is 14.8 Å². The van der Waals surface area contributed by atoms with Gasteiger partial charge in [0.25, 0.3) is 0 Å². The predicted octanol–water partition coefficient (Wildman–Crippen LogP) is 1.88. The molecule has 0 aromatic heterocycles. The van der Waals surface area contributed by atoms with Crippen LogP contribution >= 0.6 is 0 Å². The van der Waals surface area contributed by atoms with Gasteiger partial charge in [-0.1, -0.05) is 18.2 Å². The molecule has 1 aliphatic heterocycles. The number of rotatable bonds is 4. The molecule has 0 radical (unpaired) electrons. The molecule has 0 bridgehead atoms. The molecular formula is C16H17NO4S. The van der Waals surface area contributed by atoms with Crippen molar-refractivity contribution in [1.29, 1.82) is 0 Å². The first-order chi connectivity index (χ1) is 10.6. The SMILES string of the molecule is CNC[C@@H]1COc2ccc(S(=O)(=O)c3ccccc3)cc2O1. The molecule has 0 spiro atoms. The highest BCUT2D eigenvalue weighted by atomic mass is 32.2. The summed E-state index contributed by atoms with van der Waals surface area (Å²) in [7, 11) is -1.72. The minimum absolute atomic E-state index is 0.132. The molecule has 1 aliphatic rings. The molecule has 22 heavy (non-hydrogen) atoms. The number of fused-ring (bicyclic) bond motifs is 1. The van der Waals surface area contributed by atoms with Gasteiger partial charge in [-0.3, -0.25) is 0 Å². The second kappa shape index (κ2) is 5.98. The Bertz CT molecular complexity index is 759. The molecular weight excluding hydrogens is 302 g/mol. The van der Waals surface area contributed by atoms with E-state index in [0.29, 0.717) is 24.7 Å². The van der Waals surface area contributed by atoms with Gasteiger partial charge in [0.15, 0.2) is 11.5 Å². The van der Waals surface area contributed by atoms with Gasteiger partial charge in [-0.2, -0.15) is 0 Å². The van der Waals surface area contributed by atoms with E-state index in [0.717, 1.165) is 0 Å². The third kappa shape index (κ3) is 2.80. The molecule has 0 saturated carbocycles. The predicted molar refractivity (Wildman–Crippen MR) is 82.2 cm³/mol. The maximum atomic E-state index is 12.6. The Morgan fingerprint density at radius 2 is 1.86 bits per heavy atom. The summed E-state index contributed by atoms with van der Waals surface area (Å²) < 4.78 is 36.6. The van der Waals surface area contributed by atoms with Gasteiger partial charge in [0.2, 0.25) is 9.84 Å². The molecule has 1 heterocycles. The molecule has 0 fully saturated rings. The van der Waals surface area contributed by atoms with Crippen molar-refractivity contribution in [3.63, 3.8) is 0 Å². The second-order valence-electron chi connectivity index (χ2n) is 5.03. The van der Waals surface area contributed by atoms with E-state index in [-0.39, 0.29) is 15.9 Å². The highest BCUT2D eigenvalue weighted by Crippen LogP contribution is 2.35. The van der Waals surface area contributed by atoms with Gasteiger partial charge in [-0.25, -0.2) is 8.42 Å². The largest absolute Gasteiger partial charge is 0.486 e. The number of ether oxygens (including phenoxy) is 2. The summed E-state index contributed by atoms with van der Waals surface area (Å²) >= 11 is 0. The van der Waals surface area contributed by atoms with Crippen molar-refractivity contribution >= 4 is 9.84 Å². The van der Waals surface area contributed by atoms with E-state index >= 15 is 0 Å². The molecule has 0 saturated heterocycles. The number of hydrogen-bond acceptors (Lipinski definition) is 5. The van der Waals surface area contributed by atoms with Gasteiger partial charge in [0.1, 0.15) is 12.7 Å². The van der Waals surface area contributed by atoms with Crippen LogP contribution < -0.4 is 14.8 Å². The van der Waals surface area contributed by atoms with Crippen molar-refractivity contribution in [2.75, 3.05) is 20.2 Å². The van der Waals surface area contributed by atoms with E-state index in [1.54, 1.807) is 42.5 Å². The third-order valence-electron chi connectivity index (χ3n) is 3.43. The minimum Gasteiger partial charge on any atom is -0.486 e. The Labute approximate surface area is 129 Å². The van der Waals surface area contributed by atoms with Gasteiger partial charge in [0.05, 0.1) is 9.79 Å². The maximum absolute atomic E-state index is 12.6. The first-order valence-electron chi connectivity index (χ1n) is 6.99. The molecule has 2 aromatic rings. The number of nitrogens with one attached hydrogen (secondary N) is 1. The smallest absolute Gasteiger partial charge is 0.206 e. The minimum atomic E-state index is -3.55. The van der Waals surface area contributed by atoms with Gasteiger partial charge in [-0.05, 0) is 31.3 Å². The summed E-state index contributed by atoms with van der Waals surface area (Å²) in [5.74, 6) is 1.03. The van der Waals surface area contributed by atoms with Crippen LogP contribution in [0.5, 0.6) is 11.5 Å². The third-order valence-corrected chi connectivity index (χ3v) is 5.20. The molecule has 1 N–H and O–H groups in total. The average Bonchev–Trinajstić information content (AvgIpc) is 2.55. The molecule has 6 heteroatoms. The summed E-state index contributed by atoms with van der Waals surface area (Å²) in [6.45, 7) is 1.08. The van der Waals surface area contributed by atoms with Crippen LogP contribution in [0.1, 0.15) is 0 Å². The molecule has 1 atom stereocenters. The lowest BCUT2D eigenvalue weighted by atomic mass is 10.2. The lowest BCUT2D eigenvalue weighted by Gasteiger charge is -2.26. The molecule has 3 rings (SSSR count). The number of benzene rings is 2. The Hall–Kier alpha value is -2.05. The lowest BCUT2D eigenvalue weighted by molar-refractivity contribution is 0.0915. The molecule has 0 aliphatic carbocycles. The van der Waals surface area contributed by atoms with Crippen molar-refractivity contribution in [2.24, 2.45) is 0 Å². The standard InChI is InChI=1S/C16H17NO4S/c1-17-10-12-11-20-15-8-7-14(9-16(15)21-12)22(18,19)13-5-3-2-4-6-13/h2-9,12,17H,10-11H2,1H3/t12-/m1/s1. The zero-order valence-electron chi connectivity index (χ0n) is 12.2. The first kappa shape index (κ1) is 14.9. The van der Waals surface area contributed by atoms with Crippen LogP contribution in [-0.2, 0) is 9.84 Å². The van der Waals surface area contributed by atoms with Crippen molar-refractivity contribution in [2.45, 2.75) is 15.9 Å². The quantitative estimate of drug-likeness (QED) is 0.932. The number of sulfone groups is 1. The highest BCUT2D eigenvalue weighted by molar-refractivity contribution is 7.91. The van der Waals surface area contributed by atoms with E-state index < -0.39 is 9.84 Å². The summed E-state index contributed by atoms with van der Waals surface area (Å²) in [4.78, 5) is 0.463. The second-order valence-corrected chi connectivity index (χ2v) is 6.98. The summed E-state index contributed by atoms with van der Waals surface area (Å²) in [6, 6.07) is 13.1. The number of likely N-dealkylation sites (N-methyl/N-ethyl adjacent to an activating group) is 1. The van der Waals surface area contributed by atoms with E-state index in [1.807, 2.05) is 7.05 Å². The summed E-state index contributed by atoms with van der Waals surface area (Å²) in [5, 5.41) is 3.02. The average molecular weight is 319 g/mol. The fraction of sp³-hybridized carbons (Fsp3) is 0.250. The molecule has 0 amide bonds. The lowest BCUT2D eigenvalue weighted by Crippen LogP contribution is -2.37. The van der Waals surface area contributed by atoms with Crippen molar-refractivity contribution in [3.05, 3.63) is 48.5 Å². The fourth-order valence-corrected chi connectivity index (χ4v) is 3.62. The zero-order valence-corrected chi connectivity index (χ0v) is 13.0. The van der Waals surface area contributed by atoms with Crippen LogP contribution in [0.2, 0.25) is 0 Å².